The first-order valence-electron chi connectivity index (χ1n) is 9.12. The summed E-state index contributed by atoms with van der Waals surface area (Å²) in [6.07, 6.45) is 4.79. The van der Waals surface area contributed by atoms with Crippen molar-refractivity contribution in [2.24, 2.45) is 5.73 Å². The van der Waals surface area contributed by atoms with Gasteiger partial charge in [-0.2, -0.15) is 4.98 Å². The lowest BCUT2D eigenvalue weighted by Gasteiger charge is -2.33. The molecule has 0 radical (unpaired) electrons. The Balaban J connectivity index is 0.00000196. The largest absolute Gasteiger partial charge is 0.341 e. The van der Waals surface area contributed by atoms with Gasteiger partial charge in [0.15, 0.2) is 5.82 Å². The molecule has 2 aliphatic rings. The third-order valence-corrected chi connectivity index (χ3v) is 5.10. The number of benzene rings is 1. The highest BCUT2D eigenvalue weighted by atomic mass is 35.5. The number of carbonyl (C=O) groups excluding carboxylic acids is 1. The van der Waals surface area contributed by atoms with Crippen LogP contribution in [0.5, 0.6) is 0 Å². The first-order chi connectivity index (χ1) is 12.2. The summed E-state index contributed by atoms with van der Waals surface area (Å²) >= 11 is 0. The van der Waals surface area contributed by atoms with E-state index in [2.05, 4.69) is 10.1 Å². The second-order valence-electron chi connectivity index (χ2n) is 7.18. The number of halogens is 1. The predicted octanol–water partition coefficient (Wildman–Crippen LogP) is 2.64. The highest BCUT2D eigenvalue weighted by molar-refractivity contribution is 5.85. The molecule has 0 spiro atoms. The second-order valence-corrected chi connectivity index (χ2v) is 7.18. The van der Waals surface area contributed by atoms with Gasteiger partial charge >= 0.3 is 0 Å². The molecule has 1 saturated heterocycles. The summed E-state index contributed by atoms with van der Waals surface area (Å²) in [7, 11) is 0. The maximum atomic E-state index is 12.7. The predicted molar refractivity (Wildman–Crippen MR) is 100 cm³/mol. The molecule has 1 aromatic carbocycles. The van der Waals surface area contributed by atoms with E-state index in [9.17, 15) is 4.79 Å². The van der Waals surface area contributed by atoms with Gasteiger partial charge in [-0.1, -0.05) is 35.5 Å². The molecule has 26 heavy (non-hydrogen) atoms. The summed E-state index contributed by atoms with van der Waals surface area (Å²) in [6.45, 7) is 1.39. The minimum atomic E-state index is -0.506. The molecule has 1 unspecified atom stereocenters. The average molecular weight is 377 g/mol. The Morgan fingerprint density at radius 2 is 2.00 bits per heavy atom. The molecule has 1 aromatic heterocycles. The molecule has 140 valence electrons. The summed E-state index contributed by atoms with van der Waals surface area (Å²) in [6, 6.07) is 9.41. The molecule has 4 rings (SSSR count). The van der Waals surface area contributed by atoms with Gasteiger partial charge in [0, 0.05) is 24.9 Å². The van der Waals surface area contributed by atoms with Crippen molar-refractivity contribution in [1.82, 2.24) is 15.0 Å². The molecule has 7 heteroatoms. The number of piperidine rings is 1. The molecule has 6 nitrogen and oxygen atoms in total. The van der Waals surface area contributed by atoms with Crippen molar-refractivity contribution < 1.29 is 9.32 Å². The summed E-state index contributed by atoms with van der Waals surface area (Å²) in [4.78, 5) is 19.2. The van der Waals surface area contributed by atoms with E-state index in [1.54, 1.807) is 0 Å². The van der Waals surface area contributed by atoms with Crippen LogP contribution in [0, 0.1) is 0 Å². The van der Waals surface area contributed by atoms with E-state index in [-0.39, 0.29) is 24.2 Å². The Bertz CT molecular complexity index is 732. The average Bonchev–Trinajstić information content (AvgIpc) is 3.39. The minimum absolute atomic E-state index is 0. The van der Waals surface area contributed by atoms with Crippen molar-refractivity contribution >= 4 is 18.3 Å². The van der Waals surface area contributed by atoms with Gasteiger partial charge in [0.25, 0.3) is 0 Å². The van der Waals surface area contributed by atoms with Crippen LogP contribution < -0.4 is 5.73 Å². The normalized spacial score (nSPS) is 21.1. The van der Waals surface area contributed by atoms with Gasteiger partial charge in [0.05, 0.1) is 6.04 Å². The zero-order valence-corrected chi connectivity index (χ0v) is 15.5. The molecule has 1 amide bonds. The first kappa shape index (κ1) is 18.9. The number of likely N-dealkylation sites (tertiary alicyclic amines) is 1. The Kier molecular flexibility index (Phi) is 5.94. The molecule has 0 bridgehead atoms. The van der Waals surface area contributed by atoms with Gasteiger partial charge in [-0.05, 0) is 37.7 Å². The van der Waals surface area contributed by atoms with Crippen molar-refractivity contribution in [3.05, 3.63) is 47.6 Å². The Hall–Kier alpha value is -1.92. The molecule has 1 saturated carbocycles. The van der Waals surface area contributed by atoms with Crippen LogP contribution in [0.3, 0.4) is 0 Å². The van der Waals surface area contributed by atoms with E-state index in [4.69, 9.17) is 10.3 Å². The quantitative estimate of drug-likeness (QED) is 0.867. The number of aromatic nitrogens is 2. The van der Waals surface area contributed by atoms with E-state index in [0.717, 1.165) is 49.5 Å². The number of amides is 1. The fourth-order valence-electron chi connectivity index (χ4n) is 3.49. The highest BCUT2D eigenvalue weighted by Crippen LogP contribution is 2.39. The number of hydrogen-bond acceptors (Lipinski definition) is 5. The number of nitrogens with two attached hydrogens (primary N) is 1. The number of carbonyl (C=O) groups is 1. The summed E-state index contributed by atoms with van der Waals surface area (Å²) in [5.74, 6) is 2.13. The van der Waals surface area contributed by atoms with Crippen molar-refractivity contribution in [2.75, 3.05) is 13.1 Å². The topological polar surface area (TPSA) is 85.3 Å². The minimum Gasteiger partial charge on any atom is -0.341 e. The molecule has 2 N–H and O–H groups in total. The van der Waals surface area contributed by atoms with Crippen molar-refractivity contribution in [1.29, 1.82) is 0 Å². The monoisotopic (exact) mass is 376 g/mol. The van der Waals surface area contributed by atoms with Crippen molar-refractivity contribution in [3.63, 3.8) is 0 Å². The van der Waals surface area contributed by atoms with Gasteiger partial charge in [0.1, 0.15) is 0 Å². The Morgan fingerprint density at radius 3 is 2.73 bits per heavy atom. The van der Waals surface area contributed by atoms with Crippen LogP contribution in [-0.2, 0) is 11.2 Å². The number of rotatable bonds is 5. The SMILES string of the molecule is Cl.N[C@@H](Cc1ccccc1)C(=O)N1CCCC(c2noc(C3CC3)n2)C1. The number of nitrogens with zero attached hydrogens (tertiary/aromatic N) is 3. The Labute approximate surface area is 159 Å². The fraction of sp³-hybridized carbons (Fsp3) is 0.526. The van der Waals surface area contributed by atoms with Crippen LogP contribution in [-0.4, -0.2) is 40.1 Å². The van der Waals surface area contributed by atoms with Gasteiger partial charge in [-0.3, -0.25) is 4.79 Å². The van der Waals surface area contributed by atoms with Crippen molar-refractivity contribution in [2.45, 2.75) is 50.0 Å². The van der Waals surface area contributed by atoms with Crippen molar-refractivity contribution in [3.8, 4) is 0 Å². The molecule has 2 fully saturated rings. The zero-order valence-electron chi connectivity index (χ0n) is 14.7. The van der Waals surface area contributed by atoms with E-state index in [0.29, 0.717) is 18.9 Å². The fourth-order valence-corrected chi connectivity index (χ4v) is 3.49. The molecule has 1 aliphatic heterocycles. The molecule has 2 aromatic rings. The third kappa shape index (κ3) is 4.24. The van der Waals surface area contributed by atoms with Crippen LogP contribution in [0.15, 0.2) is 34.9 Å². The third-order valence-electron chi connectivity index (χ3n) is 5.10. The maximum Gasteiger partial charge on any atom is 0.239 e. The van der Waals surface area contributed by atoms with E-state index in [1.807, 2.05) is 35.2 Å². The summed E-state index contributed by atoms with van der Waals surface area (Å²) in [5, 5.41) is 4.15. The standard InChI is InChI=1S/C19H24N4O2.ClH/c20-16(11-13-5-2-1-3-6-13)19(24)23-10-4-7-15(12-23)17-21-18(25-22-17)14-8-9-14;/h1-3,5-6,14-16H,4,7-12,20H2;1H/t15?,16-;/m0./s1. The van der Waals surface area contributed by atoms with Gasteiger partial charge in [0.2, 0.25) is 11.8 Å². The second kappa shape index (κ2) is 8.18. The van der Waals surface area contributed by atoms with Crippen LogP contribution in [0.2, 0.25) is 0 Å². The number of hydrogen-bond donors (Lipinski definition) is 1. The Morgan fingerprint density at radius 1 is 1.23 bits per heavy atom. The lowest BCUT2D eigenvalue weighted by molar-refractivity contribution is -0.133. The molecule has 1 aliphatic carbocycles. The van der Waals surface area contributed by atoms with Gasteiger partial charge in [-0.15, -0.1) is 12.4 Å². The van der Waals surface area contributed by atoms with E-state index >= 15 is 0 Å². The molecular weight excluding hydrogens is 352 g/mol. The van der Waals surface area contributed by atoms with E-state index < -0.39 is 6.04 Å². The lowest BCUT2D eigenvalue weighted by Crippen LogP contribution is -2.48. The van der Waals surface area contributed by atoms with Crippen LogP contribution in [0.25, 0.3) is 0 Å². The van der Waals surface area contributed by atoms with Crippen LogP contribution in [0.4, 0.5) is 0 Å². The summed E-state index contributed by atoms with van der Waals surface area (Å²) in [5.41, 5.74) is 7.26. The zero-order chi connectivity index (χ0) is 17.2. The summed E-state index contributed by atoms with van der Waals surface area (Å²) < 4.78 is 5.37. The lowest BCUT2D eigenvalue weighted by atomic mass is 9.96. The highest BCUT2D eigenvalue weighted by Gasteiger charge is 2.33. The van der Waals surface area contributed by atoms with E-state index in [1.165, 1.54) is 0 Å². The van der Waals surface area contributed by atoms with Gasteiger partial charge in [-0.25, -0.2) is 0 Å². The van der Waals surface area contributed by atoms with Crippen LogP contribution >= 0.6 is 12.4 Å². The molecule has 2 heterocycles. The molecule has 2 atom stereocenters. The van der Waals surface area contributed by atoms with Gasteiger partial charge < -0.3 is 15.2 Å². The smallest absolute Gasteiger partial charge is 0.239 e. The van der Waals surface area contributed by atoms with Crippen LogP contribution in [0.1, 0.15) is 54.8 Å². The maximum absolute atomic E-state index is 12.7. The first-order valence-corrected chi connectivity index (χ1v) is 9.12. The molecular formula is C19H25ClN4O2.